The van der Waals surface area contributed by atoms with E-state index in [0.717, 1.165) is 16.9 Å². The van der Waals surface area contributed by atoms with Crippen LogP contribution in [0.1, 0.15) is 23.8 Å². The molecule has 6 heteroatoms. The van der Waals surface area contributed by atoms with Gasteiger partial charge in [0.2, 0.25) is 11.7 Å². The summed E-state index contributed by atoms with van der Waals surface area (Å²) in [5, 5.41) is 3.96. The minimum Gasteiger partial charge on any atom is -0.496 e. The fourth-order valence-corrected chi connectivity index (χ4v) is 2.36. The van der Waals surface area contributed by atoms with Crippen LogP contribution in [-0.2, 0) is 9.53 Å². The van der Waals surface area contributed by atoms with Crippen LogP contribution in [0.15, 0.2) is 22.7 Å². The molecule has 6 nitrogen and oxygen atoms in total. The molecule has 0 saturated carbocycles. The van der Waals surface area contributed by atoms with E-state index in [2.05, 4.69) is 10.1 Å². The van der Waals surface area contributed by atoms with Gasteiger partial charge in [-0.25, -0.2) is 0 Å². The maximum Gasteiger partial charge on any atom is 0.239 e. The average molecular weight is 288 g/mol. The standard InChI is InChI=1S/C15H16N2O4/c1-9-7-10(3-4-13(9)19-2)14-16-15(21-17-14)11-8-20-6-5-12(11)18/h3-4,7,11H,5-6,8H2,1-2H3. The molecule has 1 aliphatic rings. The van der Waals surface area contributed by atoms with Gasteiger partial charge in [0.25, 0.3) is 0 Å². The molecular formula is C15H16N2O4. The molecule has 2 aromatic rings. The summed E-state index contributed by atoms with van der Waals surface area (Å²) in [6.45, 7) is 2.72. The number of methoxy groups -OCH3 is 1. The van der Waals surface area contributed by atoms with Crippen molar-refractivity contribution in [3.8, 4) is 17.1 Å². The molecule has 110 valence electrons. The van der Waals surface area contributed by atoms with E-state index in [9.17, 15) is 4.79 Å². The molecule has 1 aromatic carbocycles. The fourth-order valence-electron chi connectivity index (χ4n) is 2.36. The Labute approximate surface area is 122 Å². The highest BCUT2D eigenvalue weighted by molar-refractivity contribution is 5.85. The summed E-state index contributed by atoms with van der Waals surface area (Å²) < 4.78 is 15.8. The molecule has 1 atom stereocenters. The maximum absolute atomic E-state index is 11.9. The zero-order chi connectivity index (χ0) is 14.8. The van der Waals surface area contributed by atoms with Crippen molar-refractivity contribution < 1.29 is 18.8 Å². The van der Waals surface area contributed by atoms with E-state index in [1.165, 1.54) is 0 Å². The highest BCUT2D eigenvalue weighted by atomic mass is 16.5. The van der Waals surface area contributed by atoms with Crippen molar-refractivity contribution in [3.63, 3.8) is 0 Å². The first-order valence-electron chi connectivity index (χ1n) is 6.78. The van der Waals surface area contributed by atoms with Crippen LogP contribution in [0.3, 0.4) is 0 Å². The normalized spacial score (nSPS) is 18.8. The molecule has 1 unspecified atom stereocenters. The van der Waals surface area contributed by atoms with Gasteiger partial charge in [0.1, 0.15) is 17.5 Å². The van der Waals surface area contributed by atoms with Crippen LogP contribution in [0.4, 0.5) is 0 Å². The second-order valence-corrected chi connectivity index (χ2v) is 4.98. The first kappa shape index (κ1) is 13.8. The van der Waals surface area contributed by atoms with E-state index in [4.69, 9.17) is 14.0 Å². The largest absolute Gasteiger partial charge is 0.496 e. The van der Waals surface area contributed by atoms with Gasteiger partial charge in [0.05, 0.1) is 20.3 Å². The van der Waals surface area contributed by atoms with E-state index < -0.39 is 5.92 Å². The molecule has 0 bridgehead atoms. The SMILES string of the molecule is COc1ccc(-c2noc(C3COCCC3=O)n2)cc1C. The Kier molecular flexibility index (Phi) is 3.70. The summed E-state index contributed by atoms with van der Waals surface area (Å²) in [6.07, 6.45) is 0.393. The van der Waals surface area contributed by atoms with E-state index >= 15 is 0 Å². The smallest absolute Gasteiger partial charge is 0.239 e. The van der Waals surface area contributed by atoms with Crippen molar-refractivity contribution in [2.75, 3.05) is 20.3 Å². The number of hydrogen-bond donors (Lipinski definition) is 0. The predicted octanol–water partition coefficient (Wildman–Crippen LogP) is 2.13. The molecule has 1 fully saturated rings. The van der Waals surface area contributed by atoms with Crippen LogP contribution in [0.2, 0.25) is 0 Å². The van der Waals surface area contributed by atoms with Gasteiger partial charge in [0, 0.05) is 12.0 Å². The van der Waals surface area contributed by atoms with E-state index in [-0.39, 0.29) is 5.78 Å². The molecule has 1 saturated heterocycles. The highest BCUT2D eigenvalue weighted by Crippen LogP contribution is 2.27. The Morgan fingerprint density at radius 2 is 2.24 bits per heavy atom. The molecule has 0 spiro atoms. The topological polar surface area (TPSA) is 74.5 Å². The Hall–Kier alpha value is -2.21. The summed E-state index contributed by atoms with van der Waals surface area (Å²) in [6, 6.07) is 5.64. The number of carbonyl (C=O) groups is 1. The molecule has 3 rings (SSSR count). The van der Waals surface area contributed by atoms with Gasteiger partial charge in [-0.2, -0.15) is 4.98 Å². The molecule has 21 heavy (non-hydrogen) atoms. The third kappa shape index (κ3) is 2.67. The van der Waals surface area contributed by atoms with Gasteiger partial charge in [0.15, 0.2) is 0 Å². The summed E-state index contributed by atoms with van der Waals surface area (Å²) in [5.74, 6) is 1.23. The lowest BCUT2D eigenvalue weighted by Gasteiger charge is -2.17. The molecule has 0 amide bonds. The van der Waals surface area contributed by atoms with Gasteiger partial charge in [-0.3, -0.25) is 4.79 Å². The number of ketones is 1. The van der Waals surface area contributed by atoms with Crippen LogP contribution in [0, 0.1) is 6.92 Å². The average Bonchev–Trinajstić information content (AvgIpc) is 2.97. The summed E-state index contributed by atoms with van der Waals surface area (Å²) in [4.78, 5) is 16.2. The number of nitrogens with zero attached hydrogens (tertiary/aromatic N) is 2. The number of rotatable bonds is 3. The van der Waals surface area contributed by atoms with Gasteiger partial charge < -0.3 is 14.0 Å². The Balaban J connectivity index is 1.87. The fraction of sp³-hybridized carbons (Fsp3) is 0.400. The second-order valence-electron chi connectivity index (χ2n) is 4.98. The minimum atomic E-state index is -0.445. The van der Waals surface area contributed by atoms with Crippen molar-refractivity contribution in [2.45, 2.75) is 19.3 Å². The van der Waals surface area contributed by atoms with Gasteiger partial charge in [-0.15, -0.1) is 0 Å². The lowest BCUT2D eigenvalue weighted by atomic mass is 10.0. The monoisotopic (exact) mass is 288 g/mol. The molecule has 2 heterocycles. The van der Waals surface area contributed by atoms with Crippen LogP contribution >= 0.6 is 0 Å². The van der Waals surface area contributed by atoms with Crippen molar-refractivity contribution in [2.24, 2.45) is 0 Å². The summed E-state index contributed by atoms with van der Waals surface area (Å²) in [5.41, 5.74) is 1.81. The number of benzene rings is 1. The zero-order valence-corrected chi connectivity index (χ0v) is 12.0. The van der Waals surface area contributed by atoms with Gasteiger partial charge in [-0.1, -0.05) is 5.16 Å². The molecule has 0 aliphatic carbocycles. The minimum absolute atomic E-state index is 0.0855. The van der Waals surface area contributed by atoms with Crippen LogP contribution in [0.5, 0.6) is 5.75 Å². The highest BCUT2D eigenvalue weighted by Gasteiger charge is 2.29. The van der Waals surface area contributed by atoms with E-state index in [1.807, 2.05) is 25.1 Å². The lowest BCUT2D eigenvalue weighted by molar-refractivity contribution is -0.127. The Bertz CT molecular complexity index is 665. The second kappa shape index (κ2) is 5.65. The maximum atomic E-state index is 11.9. The number of aromatic nitrogens is 2. The summed E-state index contributed by atoms with van der Waals surface area (Å²) in [7, 11) is 1.63. The van der Waals surface area contributed by atoms with Crippen LogP contribution in [-0.4, -0.2) is 36.2 Å². The van der Waals surface area contributed by atoms with Crippen molar-refractivity contribution in [1.29, 1.82) is 0 Å². The Morgan fingerprint density at radius 1 is 1.38 bits per heavy atom. The number of hydrogen-bond acceptors (Lipinski definition) is 6. The van der Waals surface area contributed by atoms with Gasteiger partial charge >= 0.3 is 0 Å². The number of aryl methyl sites for hydroxylation is 1. The van der Waals surface area contributed by atoms with Crippen molar-refractivity contribution in [1.82, 2.24) is 10.1 Å². The quantitative estimate of drug-likeness (QED) is 0.861. The zero-order valence-electron chi connectivity index (χ0n) is 12.0. The Morgan fingerprint density at radius 3 is 2.95 bits per heavy atom. The number of ether oxygens (including phenoxy) is 2. The van der Waals surface area contributed by atoms with Crippen molar-refractivity contribution >= 4 is 5.78 Å². The number of carbonyl (C=O) groups excluding carboxylic acids is 1. The molecule has 0 radical (unpaired) electrons. The third-order valence-electron chi connectivity index (χ3n) is 3.56. The third-order valence-corrected chi connectivity index (χ3v) is 3.56. The first-order valence-corrected chi connectivity index (χ1v) is 6.78. The summed E-state index contributed by atoms with van der Waals surface area (Å²) >= 11 is 0. The molecule has 1 aromatic heterocycles. The van der Waals surface area contributed by atoms with Crippen molar-refractivity contribution in [3.05, 3.63) is 29.7 Å². The lowest BCUT2D eigenvalue weighted by Crippen LogP contribution is -2.25. The van der Waals surface area contributed by atoms with E-state index in [0.29, 0.717) is 31.3 Å². The number of Topliss-reactive ketones (excluding diaryl/α,β-unsaturated/α-hetero) is 1. The molecule has 1 aliphatic heterocycles. The van der Waals surface area contributed by atoms with E-state index in [1.54, 1.807) is 7.11 Å². The van der Waals surface area contributed by atoms with Gasteiger partial charge in [-0.05, 0) is 30.7 Å². The van der Waals surface area contributed by atoms with Crippen LogP contribution in [0.25, 0.3) is 11.4 Å². The molecular weight excluding hydrogens is 272 g/mol. The molecule has 0 N–H and O–H groups in total. The van der Waals surface area contributed by atoms with Crippen LogP contribution < -0.4 is 4.74 Å². The predicted molar refractivity (Wildman–Crippen MR) is 74.2 cm³/mol. The first-order chi connectivity index (χ1) is 10.2.